The zero-order valence-corrected chi connectivity index (χ0v) is 20.0. The van der Waals surface area contributed by atoms with Crippen molar-refractivity contribution in [1.82, 2.24) is 5.32 Å². The van der Waals surface area contributed by atoms with Crippen LogP contribution in [0.15, 0.2) is 78.9 Å². The Labute approximate surface area is 196 Å². The van der Waals surface area contributed by atoms with Crippen LogP contribution < -0.4 is 15.5 Å². The summed E-state index contributed by atoms with van der Waals surface area (Å²) in [6.07, 6.45) is 0. The van der Waals surface area contributed by atoms with Gasteiger partial charge in [-0.15, -0.1) is 0 Å². The molecule has 0 saturated heterocycles. The fourth-order valence-electron chi connectivity index (χ4n) is 3.35. The van der Waals surface area contributed by atoms with Gasteiger partial charge in [0.25, 0.3) is 0 Å². The molecule has 3 rings (SSSR count). The van der Waals surface area contributed by atoms with Gasteiger partial charge in [-0.05, 0) is 47.5 Å². The molecule has 4 nitrogen and oxygen atoms in total. The molecule has 0 aliphatic rings. The van der Waals surface area contributed by atoms with E-state index in [1.54, 1.807) is 0 Å². The number of ketones is 1. The molecule has 3 aromatic rings. The number of benzene rings is 3. The average Bonchev–Trinajstić information content (AvgIpc) is 2.79. The molecule has 0 amide bonds. The molecule has 0 unspecified atom stereocenters. The van der Waals surface area contributed by atoms with Gasteiger partial charge in [-0.1, -0.05) is 75.4 Å². The first-order chi connectivity index (χ1) is 15.2. The van der Waals surface area contributed by atoms with Crippen molar-refractivity contribution in [2.75, 3.05) is 30.4 Å². The third kappa shape index (κ3) is 6.41. The molecule has 0 aliphatic heterocycles. The van der Waals surface area contributed by atoms with E-state index in [9.17, 15) is 4.79 Å². The summed E-state index contributed by atoms with van der Waals surface area (Å²) in [5.74, 6) is -0.00234. The van der Waals surface area contributed by atoms with Crippen molar-refractivity contribution in [3.8, 4) is 0 Å². The van der Waals surface area contributed by atoms with Crippen molar-refractivity contribution >= 4 is 34.5 Å². The zero-order valence-electron chi connectivity index (χ0n) is 19.2. The second-order valence-corrected chi connectivity index (χ2v) is 9.28. The van der Waals surface area contributed by atoms with Crippen molar-refractivity contribution in [2.24, 2.45) is 0 Å². The van der Waals surface area contributed by atoms with Gasteiger partial charge < -0.3 is 15.5 Å². The maximum Gasteiger partial charge on any atom is 0.193 e. The van der Waals surface area contributed by atoms with E-state index >= 15 is 0 Å². The second kappa shape index (κ2) is 10.4. The highest BCUT2D eigenvalue weighted by molar-refractivity contribution is 7.80. The largest absolute Gasteiger partial charge is 0.373 e. The van der Waals surface area contributed by atoms with Crippen LogP contribution in [-0.4, -0.2) is 31.0 Å². The van der Waals surface area contributed by atoms with Crippen LogP contribution in [0.4, 0.5) is 11.4 Å². The van der Waals surface area contributed by atoms with Gasteiger partial charge in [-0.3, -0.25) is 4.79 Å². The normalized spacial score (nSPS) is 11.0. The van der Waals surface area contributed by atoms with Crippen molar-refractivity contribution < 1.29 is 4.79 Å². The molecule has 0 saturated carbocycles. The van der Waals surface area contributed by atoms with Gasteiger partial charge in [0.1, 0.15) is 0 Å². The van der Waals surface area contributed by atoms with E-state index in [0.29, 0.717) is 22.8 Å². The minimum absolute atomic E-state index is 0.00234. The van der Waals surface area contributed by atoms with Crippen LogP contribution in [0.3, 0.4) is 0 Å². The SMILES string of the molecule is CN(CCNC(=S)Nc1cccc(C(=O)c2ccc(C(C)(C)C)cc2)c1)c1ccccc1. The average molecular weight is 446 g/mol. The molecular weight excluding hydrogens is 414 g/mol. The zero-order chi connectivity index (χ0) is 23.1. The maximum absolute atomic E-state index is 12.9. The molecule has 0 fully saturated rings. The standard InChI is InChI=1S/C27H31N3OS/c1-27(2,3)22-15-13-20(14-16-22)25(31)21-9-8-10-23(19-21)29-26(32)28-17-18-30(4)24-11-6-5-7-12-24/h5-16,19H,17-18H2,1-4H3,(H2,28,29,32). The number of nitrogens with zero attached hydrogens (tertiary/aromatic N) is 1. The highest BCUT2D eigenvalue weighted by Crippen LogP contribution is 2.23. The minimum atomic E-state index is -0.00234. The number of rotatable bonds is 7. The number of thiocarbonyl (C=S) groups is 1. The van der Waals surface area contributed by atoms with Gasteiger partial charge in [-0.2, -0.15) is 0 Å². The third-order valence-electron chi connectivity index (χ3n) is 5.33. The van der Waals surface area contributed by atoms with Gasteiger partial charge >= 0.3 is 0 Å². The summed E-state index contributed by atoms with van der Waals surface area (Å²) >= 11 is 5.43. The van der Waals surface area contributed by atoms with Crippen molar-refractivity contribution in [1.29, 1.82) is 0 Å². The van der Waals surface area contributed by atoms with Crippen LogP contribution in [0.25, 0.3) is 0 Å². The molecule has 5 heteroatoms. The van der Waals surface area contributed by atoms with E-state index < -0.39 is 0 Å². The lowest BCUT2D eigenvalue weighted by molar-refractivity contribution is 0.103. The van der Waals surface area contributed by atoms with E-state index in [4.69, 9.17) is 12.2 Å². The highest BCUT2D eigenvalue weighted by atomic mass is 32.1. The second-order valence-electron chi connectivity index (χ2n) is 8.88. The van der Waals surface area contributed by atoms with E-state index in [1.807, 2.05) is 66.7 Å². The van der Waals surface area contributed by atoms with Gasteiger partial charge in [0, 0.05) is 42.6 Å². The van der Waals surface area contributed by atoms with Crippen LogP contribution in [0.1, 0.15) is 42.3 Å². The van der Waals surface area contributed by atoms with E-state index in [-0.39, 0.29) is 11.2 Å². The number of carbonyl (C=O) groups excluding carboxylic acids is 1. The number of para-hydroxylation sites is 1. The lowest BCUT2D eigenvalue weighted by atomic mass is 9.86. The number of anilines is 2. The van der Waals surface area contributed by atoms with Crippen LogP contribution in [-0.2, 0) is 5.41 Å². The summed E-state index contributed by atoms with van der Waals surface area (Å²) in [7, 11) is 2.05. The van der Waals surface area contributed by atoms with Gasteiger partial charge in [0.15, 0.2) is 10.9 Å². The fourth-order valence-corrected chi connectivity index (χ4v) is 3.57. The summed E-state index contributed by atoms with van der Waals surface area (Å²) in [5, 5.41) is 6.94. The molecule has 0 aliphatic carbocycles. The third-order valence-corrected chi connectivity index (χ3v) is 5.57. The Hall–Kier alpha value is -3.18. The molecule has 166 valence electrons. The van der Waals surface area contributed by atoms with E-state index in [1.165, 1.54) is 5.56 Å². The summed E-state index contributed by atoms with van der Waals surface area (Å²) < 4.78 is 0. The van der Waals surface area contributed by atoms with Crippen LogP contribution in [0.2, 0.25) is 0 Å². The predicted octanol–water partition coefficient (Wildman–Crippen LogP) is 5.64. The fraction of sp³-hybridized carbons (Fsp3) is 0.259. The molecule has 2 N–H and O–H groups in total. The van der Waals surface area contributed by atoms with Crippen LogP contribution in [0.5, 0.6) is 0 Å². The first kappa shape index (κ1) is 23.5. The minimum Gasteiger partial charge on any atom is -0.373 e. The van der Waals surface area contributed by atoms with Gasteiger partial charge in [-0.25, -0.2) is 0 Å². The Balaban J connectivity index is 1.56. The van der Waals surface area contributed by atoms with Crippen LogP contribution >= 0.6 is 12.2 Å². The predicted molar refractivity (Wildman–Crippen MR) is 139 cm³/mol. The Kier molecular flexibility index (Phi) is 7.65. The Bertz CT molecular complexity index is 1060. The maximum atomic E-state index is 12.9. The molecule has 0 radical (unpaired) electrons. The first-order valence-electron chi connectivity index (χ1n) is 10.8. The lowest BCUT2D eigenvalue weighted by Gasteiger charge is -2.20. The summed E-state index contributed by atoms with van der Waals surface area (Å²) in [6, 6.07) is 25.5. The summed E-state index contributed by atoms with van der Waals surface area (Å²) in [5.41, 5.74) is 4.53. The number of nitrogens with one attached hydrogen (secondary N) is 2. The van der Waals surface area contributed by atoms with Gasteiger partial charge in [0.2, 0.25) is 0 Å². The molecule has 32 heavy (non-hydrogen) atoms. The molecule has 0 spiro atoms. The molecule has 0 aromatic heterocycles. The first-order valence-corrected chi connectivity index (χ1v) is 11.2. The molecule has 0 heterocycles. The van der Waals surface area contributed by atoms with E-state index in [2.05, 4.69) is 55.5 Å². The Morgan fingerprint density at radius 2 is 1.59 bits per heavy atom. The van der Waals surface area contributed by atoms with Crippen LogP contribution in [0, 0.1) is 0 Å². The monoisotopic (exact) mass is 445 g/mol. The van der Waals surface area contributed by atoms with Crippen molar-refractivity contribution in [3.05, 3.63) is 95.6 Å². The van der Waals surface area contributed by atoms with E-state index in [0.717, 1.165) is 17.9 Å². The smallest absolute Gasteiger partial charge is 0.193 e. The van der Waals surface area contributed by atoms with Crippen molar-refractivity contribution in [2.45, 2.75) is 26.2 Å². The quantitative estimate of drug-likeness (QED) is 0.364. The lowest BCUT2D eigenvalue weighted by Crippen LogP contribution is -2.35. The number of hydrogen-bond donors (Lipinski definition) is 2. The summed E-state index contributed by atoms with van der Waals surface area (Å²) in [6.45, 7) is 8.01. The molecule has 3 aromatic carbocycles. The topological polar surface area (TPSA) is 44.4 Å². The van der Waals surface area contributed by atoms with Crippen molar-refractivity contribution in [3.63, 3.8) is 0 Å². The molecular formula is C27H31N3OS. The molecule has 0 atom stereocenters. The summed E-state index contributed by atoms with van der Waals surface area (Å²) in [4.78, 5) is 15.1. The Morgan fingerprint density at radius 3 is 2.25 bits per heavy atom. The number of likely N-dealkylation sites (N-methyl/N-ethyl adjacent to an activating group) is 1. The number of carbonyl (C=O) groups is 1. The highest BCUT2D eigenvalue weighted by Gasteiger charge is 2.15. The van der Waals surface area contributed by atoms with Gasteiger partial charge in [0.05, 0.1) is 0 Å². The molecule has 0 bridgehead atoms. The number of hydrogen-bond acceptors (Lipinski definition) is 3. The Morgan fingerprint density at radius 1 is 0.906 bits per heavy atom.